The van der Waals surface area contributed by atoms with E-state index in [0.29, 0.717) is 53.5 Å². The number of benzene rings is 2. The summed E-state index contributed by atoms with van der Waals surface area (Å²) < 4.78 is 52.7. The van der Waals surface area contributed by atoms with E-state index < -0.39 is 23.3 Å². The van der Waals surface area contributed by atoms with Crippen molar-refractivity contribution in [1.82, 2.24) is 24.8 Å². The Kier molecular flexibility index (Phi) is 8.24. The van der Waals surface area contributed by atoms with Crippen molar-refractivity contribution in [1.29, 1.82) is 0 Å². The molecule has 0 radical (unpaired) electrons. The number of anilines is 1. The highest BCUT2D eigenvalue weighted by atomic mass is 19.1. The number of likely N-dealkylation sites (tertiary alicyclic amines) is 1. The molecular weight excluding hydrogens is 617 g/mol. The van der Waals surface area contributed by atoms with Gasteiger partial charge in [-0.1, -0.05) is 36.8 Å². The number of nitrogens with zero attached hydrogens (tertiary/aromatic N) is 6. The fraction of sp³-hybridized carbons (Fsp3) is 0.405. The van der Waals surface area contributed by atoms with E-state index in [9.17, 15) is 9.18 Å². The van der Waals surface area contributed by atoms with Gasteiger partial charge in [-0.05, 0) is 57.2 Å². The zero-order chi connectivity index (χ0) is 33.7. The smallest absolute Gasteiger partial charge is 0.319 e. The van der Waals surface area contributed by atoms with Crippen LogP contribution in [0, 0.1) is 23.5 Å². The molecule has 0 N–H and O–H groups in total. The maximum Gasteiger partial charge on any atom is 0.319 e. The topological polar surface area (TPSA) is 74.7 Å². The van der Waals surface area contributed by atoms with E-state index in [1.54, 1.807) is 30.0 Å². The van der Waals surface area contributed by atoms with Crippen LogP contribution in [0.2, 0.25) is 0 Å². The number of likely N-dealkylation sites (N-methyl/N-ethyl adjacent to an activating group) is 1. The lowest BCUT2D eigenvalue weighted by Gasteiger charge is -2.32. The van der Waals surface area contributed by atoms with Gasteiger partial charge in [0.25, 0.3) is 0 Å². The zero-order valence-electron chi connectivity index (χ0n) is 27.3. The van der Waals surface area contributed by atoms with Crippen LogP contribution in [0.5, 0.6) is 6.01 Å². The molecule has 0 unspecified atom stereocenters. The van der Waals surface area contributed by atoms with Gasteiger partial charge in [-0.15, -0.1) is 5.92 Å². The SMILES string of the molecule is C=CC(=O)N1CC[C@@H](N(C)c2nc(OC[C@@]34CCCN3C[C@H](F)C4)nc3c(F)c(-c4cccc5ccc(F)c(C#CC)c45)ncc23)[C@H]1C. The molecule has 7 rings (SSSR count). The molecule has 2 aromatic heterocycles. The molecule has 8 nitrogen and oxygen atoms in total. The highest BCUT2D eigenvalue weighted by Crippen LogP contribution is 2.41. The molecule has 5 heterocycles. The minimum Gasteiger partial charge on any atom is -0.461 e. The highest BCUT2D eigenvalue weighted by Gasteiger charge is 2.49. The summed E-state index contributed by atoms with van der Waals surface area (Å²) in [5, 5.41) is 1.50. The molecule has 48 heavy (non-hydrogen) atoms. The van der Waals surface area contributed by atoms with Gasteiger partial charge in [-0.3, -0.25) is 14.7 Å². The Hall–Kier alpha value is -4.69. The first-order chi connectivity index (χ1) is 23.2. The fourth-order valence-electron chi connectivity index (χ4n) is 8.02. The normalized spacial score (nSPS) is 23.7. The van der Waals surface area contributed by atoms with Crippen LogP contribution < -0.4 is 9.64 Å². The van der Waals surface area contributed by atoms with Crippen molar-refractivity contribution < 1.29 is 22.7 Å². The third kappa shape index (κ3) is 5.23. The molecule has 0 aliphatic carbocycles. The highest BCUT2D eigenvalue weighted by molar-refractivity contribution is 6.02. The average Bonchev–Trinajstić information content (AvgIpc) is 3.75. The van der Waals surface area contributed by atoms with Gasteiger partial charge in [0, 0.05) is 49.7 Å². The van der Waals surface area contributed by atoms with Crippen LogP contribution in [0.25, 0.3) is 32.9 Å². The Morgan fingerprint density at radius 2 is 2.06 bits per heavy atom. The monoisotopic (exact) mass is 654 g/mol. The molecular formula is C37H37F3N6O2. The van der Waals surface area contributed by atoms with E-state index >= 15 is 8.78 Å². The molecule has 4 aromatic rings. The summed E-state index contributed by atoms with van der Waals surface area (Å²) in [5.41, 5.74) is 0.0639. The van der Waals surface area contributed by atoms with Gasteiger partial charge in [0.15, 0.2) is 5.82 Å². The number of hydrogen-bond acceptors (Lipinski definition) is 7. The van der Waals surface area contributed by atoms with Crippen molar-refractivity contribution in [2.75, 3.05) is 38.2 Å². The lowest BCUT2D eigenvalue weighted by molar-refractivity contribution is -0.126. The van der Waals surface area contributed by atoms with Gasteiger partial charge < -0.3 is 14.5 Å². The number of fused-ring (bicyclic) bond motifs is 3. The maximum atomic E-state index is 16.9. The summed E-state index contributed by atoms with van der Waals surface area (Å²) in [4.78, 5) is 32.3. The molecule has 248 valence electrons. The minimum absolute atomic E-state index is 0.00952. The Morgan fingerprint density at radius 3 is 2.85 bits per heavy atom. The van der Waals surface area contributed by atoms with Crippen LogP contribution in [0.15, 0.2) is 49.2 Å². The van der Waals surface area contributed by atoms with E-state index in [4.69, 9.17) is 9.72 Å². The molecule has 4 atom stereocenters. The molecule has 0 saturated carbocycles. The quantitative estimate of drug-likeness (QED) is 0.177. The van der Waals surface area contributed by atoms with Crippen LogP contribution in [0.4, 0.5) is 19.0 Å². The molecule has 0 spiro atoms. The fourth-order valence-corrected chi connectivity index (χ4v) is 8.02. The second-order valence-corrected chi connectivity index (χ2v) is 13.0. The summed E-state index contributed by atoms with van der Waals surface area (Å²) >= 11 is 0. The van der Waals surface area contributed by atoms with Crippen molar-refractivity contribution in [2.45, 2.75) is 63.3 Å². The van der Waals surface area contributed by atoms with Crippen LogP contribution in [0.3, 0.4) is 0 Å². The average molecular weight is 655 g/mol. The van der Waals surface area contributed by atoms with Crippen LogP contribution in [-0.2, 0) is 4.79 Å². The predicted octanol–water partition coefficient (Wildman–Crippen LogP) is 6.06. The zero-order valence-corrected chi connectivity index (χ0v) is 27.3. The predicted molar refractivity (Wildman–Crippen MR) is 179 cm³/mol. The number of hydrogen-bond donors (Lipinski definition) is 0. The second-order valence-electron chi connectivity index (χ2n) is 13.0. The molecule has 3 aliphatic heterocycles. The van der Waals surface area contributed by atoms with Gasteiger partial charge in [0.1, 0.15) is 35.6 Å². The van der Waals surface area contributed by atoms with Crippen molar-refractivity contribution in [3.63, 3.8) is 0 Å². The molecule has 11 heteroatoms. The standard InChI is InChI=1S/C37H37F3N6O2/c1-5-9-25-28(39)13-12-23-10-7-11-26(31(23)25)33-32(40)34-27(19-41-33)35(44(4)29-14-17-46(22(29)3)30(47)6-2)43-36(42-34)48-21-37-15-8-16-45(37)20-24(38)18-37/h6-7,10-13,19,22,24,29H,2,8,14-18,20-21H2,1,3-4H3/t22-,24-,29-,37+/m1/s1. The third-order valence-electron chi connectivity index (χ3n) is 10.4. The first-order valence-electron chi connectivity index (χ1n) is 16.3. The van der Waals surface area contributed by atoms with Gasteiger partial charge in [0.2, 0.25) is 5.91 Å². The summed E-state index contributed by atoms with van der Waals surface area (Å²) in [6.45, 7) is 9.10. The van der Waals surface area contributed by atoms with Crippen molar-refractivity contribution >= 4 is 33.4 Å². The van der Waals surface area contributed by atoms with Crippen molar-refractivity contribution in [3.8, 4) is 29.1 Å². The third-order valence-corrected chi connectivity index (χ3v) is 10.4. The van der Waals surface area contributed by atoms with Gasteiger partial charge >= 0.3 is 6.01 Å². The maximum absolute atomic E-state index is 16.9. The van der Waals surface area contributed by atoms with E-state index in [0.717, 1.165) is 19.4 Å². The number of alkyl halides is 1. The van der Waals surface area contributed by atoms with Gasteiger partial charge in [-0.2, -0.15) is 9.97 Å². The van der Waals surface area contributed by atoms with Crippen LogP contribution in [0.1, 0.15) is 45.1 Å². The number of aromatic nitrogens is 3. The van der Waals surface area contributed by atoms with E-state index in [2.05, 4.69) is 33.3 Å². The Balaban J connectivity index is 1.36. The van der Waals surface area contributed by atoms with Crippen molar-refractivity contribution in [3.05, 3.63) is 66.4 Å². The van der Waals surface area contributed by atoms with Gasteiger partial charge in [0.05, 0.1) is 22.5 Å². The number of ether oxygens (including phenoxy) is 1. The van der Waals surface area contributed by atoms with E-state index in [1.165, 1.54) is 18.3 Å². The summed E-state index contributed by atoms with van der Waals surface area (Å²) in [6, 6.07) is 7.90. The number of carbonyl (C=O) groups excluding carboxylic acids is 1. The lowest BCUT2D eigenvalue weighted by Crippen LogP contribution is -2.44. The van der Waals surface area contributed by atoms with E-state index in [1.807, 2.05) is 24.9 Å². The molecule has 1 amide bonds. The minimum atomic E-state index is -0.933. The number of rotatable bonds is 7. The number of amides is 1. The van der Waals surface area contributed by atoms with Crippen molar-refractivity contribution in [2.24, 2.45) is 0 Å². The molecule has 3 saturated heterocycles. The van der Waals surface area contributed by atoms with Crippen LogP contribution >= 0.6 is 0 Å². The second kappa shape index (κ2) is 12.4. The summed E-state index contributed by atoms with van der Waals surface area (Å²) in [7, 11) is 1.85. The Labute approximate surface area is 277 Å². The number of pyridine rings is 1. The van der Waals surface area contributed by atoms with Crippen LogP contribution in [-0.4, -0.2) is 87.7 Å². The lowest BCUT2D eigenvalue weighted by atomic mass is 9.95. The molecule has 3 fully saturated rings. The Bertz CT molecular complexity index is 2010. The largest absolute Gasteiger partial charge is 0.461 e. The molecule has 3 aliphatic rings. The van der Waals surface area contributed by atoms with E-state index in [-0.39, 0.29) is 47.4 Å². The number of halogens is 3. The molecule has 0 bridgehead atoms. The van der Waals surface area contributed by atoms with Gasteiger partial charge in [-0.25, -0.2) is 13.2 Å². The number of carbonyl (C=O) groups is 1. The first-order valence-corrected chi connectivity index (χ1v) is 16.3. The summed E-state index contributed by atoms with van der Waals surface area (Å²) in [6.07, 6.45) is 4.66. The summed E-state index contributed by atoms with van der Waals surface area (Å²) in [5.74, 6) is 4.62. The first kappa shape index (κ1) is 31.9. The molecule has 2 aromatic carbocycles. The Morgan fingerprint density at radius 1 is 1.23 bits per heavy atom.